The number of ether oxygens (including phenoxy) is 3. The van der Waals surface area contributed by atoms with Gasteiger partial charge in [-0.15, -0.1) is 0 Å². The van der Waals surface area contributed by atoms with Gasteiger partial charge in [-0.1, -0.05) is 0 Å². The number of carbonyl (C=O) groups is 2. The largest absolute Gasteiger partial charge is 0.497 e. The number of quaternary nitrogens is 1. The summed E-state index contributed by atoms with van der Waals surface area (Å²) in [6.07, 6.45) is 2.91. The number of aromatic nitrogens is 1. The number of H-pyrrole nitrogens is 1. The fourth-order valence-electron chi connectivity index (χ4n) is 3.96. The maximum atomic E-state index is 13.0. The Balaban J connectivity index is 1.44. The lowest BCUT2D eigenvalue weighted by molar-refractivity contribution is -0.674. The molecular weight excluding hydrogens is 398 g/mol. The number of rotatable bonds is 8. The van der Waals surface area contributed by atoms with Crippen LogP contribution in [0, 0.1) is 0 Å². The van der Waals surface area contributed by atoms with Crippen LogP contribution in [0.5, 0.6) is 17.2 Å². The van der Waals surface area contributed by atoms with Crippen LogP contribution < -0.4 is 24.4 Å². The maximum absolute atomic E-state index is 13.0. The molecule has 0 radical (unpaired) electrons. The van der Waals surface area contributed by atoms with Crippen molar-refractivity contribution in [1.29, 1.82) is 0 Å². The number of nitrogens with two attached hydrogens (primary N) is 1. The Morgan fingerprint density at radius 3 is 2.39 bits per heavy atom. The molecule has 31 heavy (non-hydrogen) atoms. The van der Waals surface area contributed by atoms with Crippen molar-refractivity contribution in [2.24, 2.45) is 0 Å². The van der Waals surface area contributed by atoms with Gasteiger partial charge >= 0.3 is 0 Å². The summed E-state index contributed by atoms with van der Waals surface area (Å²) in [5.41, 5.74) is 2.66. The average Bonchev–Trinajstić information content (AvgIpc) is 3.32. The molecule has 1 fully saturated rings. The molecule has 1 aliphatic rings. The van der Waals surface area contributed by atoms with Gasteiger partial charge in [0.1, 0.15) is 17.2 Å². The highest BCUT2D eigenvalue weighted by atomic mass is 16.5. The number of anilines is 1. The van der Waals surface area contributed by atoms with Crippen LogP contribution in [0.25, 0.3) is 10.9 Å². The second-order valence-electron chi connectivity index (χ2n) is 7.45. The summed E-state index contributed by atoms with van der Waals surface area (Å²) in [4.78, 5) is 30.1. The highest BCUT2D eigenvalue weighted by Gasteiger charge is 2.42. The third kappa shape index (κ3) is 4.06. The first-order chi connectivity index (χ1) is 15.0. The summed E-state index contributed by atoms with van der Waals surface area (Å²) in [6.45, 7) is 0.684. The van der Waals surface area contributed by atoms with Crippen molar-refractivity contribution in [2.45, 2.75) is 18.9 Å². The zero-order chi connectivity index (χ0) is 22.0. The molecule has 0 spiro atoms. The molecule has 1 aromatic heterocycles. The Hall–Kier alpha value is -3.52. The van der Waals surface area contributed by atoms with Crippen LogP contribution >= 0.6 is 0 Å². The Morgan fingerprint density at radius 2 is 1.71 bits per heavy atom. The van der Waals surface area contributed by atoms with E-state index >= 15 is 0 Å². The molecule has 8 nitrogen and oxygen atoms in total. The van der Waals surface area contributed by atoms with E-state index in [4.69, 9.17) is 14.2 Å². The van der Waals surface area contributed by atoms with Crippen LogP contribution in [0.4, 0.5) is 5.69 Å². The van der Waals surface area contributed by atoms with Crippen LogP contribution in [0.3, 0.4) is 0 Å². The topological polar surface area (TPSA) is 97.5 Å². The van der Waals surface area contributed by atoms with Crippen molar-refractivity contribution in [2.75, 3.05) is 32.8 Å². The number of aromatic amines is 1. The van der Waals surface area contributed by atoms with E-state index in [1.54, 1.807) is 25.3 Å². The smallest absolute Gasteiger partial charge is 0.292 e. The first-order valence-corrected chi connectivity index (χ1v) is 10.1. The van der Waals surface area contributed by atoms with Gasteiger partial charge in [0, 0.05) is 41.7 Å². The Morgan fingerprint density at radius 1 is 1.00 bits per heavy atom. The van der Waals surface area contributed by atoms with E-state index in [0.717, 1.165) is 28.6 Å². The average molecular weight is 424 g/mol. The van der Waals surface area contributed by atoms with Gasteiger partial charge in [0.15, 0.2) is 6.04 Å². The van der Waals surface area contributed by atoms with Gasteiger partial charge in [-0.3, -0.25) is 9.59 Å². The minimum Gasteiger partial charge on any atom is -0.497 e. The van der Waals surface area contributed by atoms with Crippen molar-refractivity contribution in [3.8, 4) is 17.2 Å². The van der Waals surface area contributed by atoms with Gasteiger partial charge in [-0.05, 0) is 23.8 Å². The lowest BCUT2D eigenvalue weighted by atomic mass is 10.1. The number of methoxy groups -OCH3 is 3. The number of carbonyl (C=O) groups excluding carboxylic acids is 2. The van der Waals surface area contributed by atoms with Gasteiger partial charge in [0.25, 0.3) is 5.91 Å². The number of fused-ring (bicyclic) bond motifs is 1. The number of nitrogens with one attached hydrogen (secondary N) is 1. The Kier molecular flexibility index (Phi) is 5.81. The molecule has 0 unspecified atom stereocenters. The van der Waals surface area contributed by atoms with E-state index in [1.807, 2.05) is 29.7 Å². The van der Waals surface area contributed by atoms with Crippen LogP contribution in [-0.4, -0.2) is 50.7 Å². The Bertz CT molecular complexity index is 1100. The quantitative estimate of drug-likeness (QED) is 0.536. The molecule has 1 atom stereocenters. The van der Waals surface area contributed by atoms with Crippen LogP contribution in [-0.2, 0) is 16.0 Å². The minimum absolute atomic E-state index is 0.167. The zero-order valence-corrected chi connectivity index (χ0v) is 17.8. The minimum atomic E-state index is -0.440. The van der Waals surface area contributed by atoms with E-state index in [2.05, 4.69) is 4.98 Å². The van der Waals surface area contributed by atoms with E-state index in [1.165, 1.54) is 19.1 Å². The summed E-state index contributed by atoms with van der Waals surface area (Å²) in [7, 11) is 4.71. The van der Waals surface area contributed by atoms with E-state index in [-0.39, 0.29) is 18.2 Å². The molecule has 2 amide bonds. The first-order valence-electron chi connectivity index (χ1n) is 10.1. The van der Waals surface area contributed by atoms with Crippen molar-refractivity contribution in [1.82, 2.24) is 4.98 Å². The molecule has 3 aromatic rings. The highest BCUT2D eigenvalue weighted by molar-refractivity contribution is 6.22. The number of amides is 2. The SMILES string of the molecule is COc1cc(OC)cc(N2C(=O)C[C@H]([NH2+]CCc3c[nH]c4ccc(OC)cc34)C2=O)c1. The number of benzene rings is 2. The molecule has 0 aliphatic carbocycles. The summed E-state index contributed by atoms with van der Waals surface area (Å²) in [5.74, 6) is 1.41. The van der Waals surface area contributed by atoms with E-state index in [0.29, 0.717) is 23.7 Å². The van der Waals surface area contributed by atoms with Crippen molar-refractivity contribution >= 4 is 28.4 Å². The fourth-order valence-corrected chi connectivity index (χ4v) is 3.96. The lowest BCUT2D eigenvalue weighted by Crippen LogP contribution is -2.92. The molecule has 2 aromatic carbocycles. The Labute approximate surface area is 180 Å². The lowest BCUT2D eigenvalue weighted by Gasteiger charge is -2.16. The molecule has 3 N–H and O–H groups in total. The van der Waals surface area contributed by atoms with E-state index in [9.17, 15) is 9.59 Å². The van der Waals surface area contributed by atoms with Gasteiger partial charge in [0.2, 0.25) is 5.91 Å². The monoisotopic (exact) mass is 424 g/mol. The molecule has 8 heteroatoms. The molecule has 0 saturated carbocycles. The predicted molar refractivity (Wildman–Crippen MR) is 116 cm³/mol. The molecule has 0 bridgehead atoms. The normalized spacial score (nSPS) is 16.2. The molecule has 162 valence electrons. The molecule has 1 saturated heterocycles. The first kappa shape index (κ1) is 20.7. The fraction of sp³-hybridized carbons (Fsp3) is 0.304. The van der Waals surface area contributed by atoms with Crippen molar-refractivity contribution in [3.63, 3.8) is 0 Å². The van der Waals surface area contributed by atoms with Gasteiger partial charge in [0.05, 0.1) is 40.0 Å². The van der Waals surface area contributed by atoms with E-state index < -0.39 is 6.04 Å². The highest BCUT2D eigenvalue weighted by Crippen LogP contribution is 2.31. The number of hydrogen-bond acceptors (Lipinski definition) is 5. The second-order valence-corrected chi connectivity index (χ2v) is 7.45. The predicted octanol–water partition coefficient (Wildman–Crippen LogP) is 1.63. The third-order valence-electron chi connectivity index (χ3n) is 5.62. The summed E-state index contributed by atoms with van der Waals surface area (Å²) in [6, 6.07) is 10.5. The van der Waals surface area contributed by atoms with Crippen LogP contribution in [0.2, 0.25) is 0 Å². The van der Waals surface area contributed by atoms with Crippen LogP contribution in [0.15, 0.2) is 42.6 Å². The van der Waals surface area contributed by atoms with Crippen molar-refractivity contribution < 1.29 is 29.1 Å². The molecule has 2 heterocycles. The van der Waals surface area contributed by atoms with Gasteiger partial charge in [-0.25, -0.2) is 4.90 Å². The molecule has 1 aliphatic heterocycles. The maximum Gasteiger partial charge on any atom is 0.292 e. The summed E-state index contributed by atoms with van der Waals surface area (Å²) >= 11 is 0. The standard InChI is InChI=1S/C23H25N3O5/c1-29-16-4-5-20-19(11-16)14(13-25-20)6-7-24-21-12-22(27)26(23(21)28)15-8-17(30-2)10-18(9-15)31-3/h4-5,8-11,13,21,24-25H,6-7,12H2,1-3H3/p+1/t21-/m0/s1. The molecular formula is C23H26N3O5+. The second kappa shape index (κ2) is 8.69. The van der Waals surface area contributed by atoms with Crippen LogP contribution in [0.1, 0.15) is 12.0 Å². The third-order valence-corrected chi connectivity index (χ3v) is 5.62. The number of imide groups is 1. The summed E-state index contributed by atoms with van der Waals surface area (Å²) in [5, 5.41) is 3.04. The van der Waals surface area contributed by atoms with Gasteiger partial charge in [-0.2, -0.15) is 0 Å². The summed E-state index contributed by atoms with van der Waals surface area (Å²) < 4.78 is 15.8. The van der Waals surface area contributed by atoms with Crippen molar-refractivity contribution in [3.05, 3.63) is 48.2 Å². The number of nitrogens with zero attached hydrogens (tertiary/aromatic N) is 1. The zero-order valence-electron chi connectivity index (χ0n) is 17.8. The van der Waals surface area contributed by atoms with Gasteiger partial charge < -0.3 is 24.5 Å². The number of hydrogen-bond donors (Lipinski definition) is 2. The molecule has 4 rings (SSSR count).